The quantitative estimate of drug-likeness (QED) is 0.464. The first-order chi connectivity index (χ1) is 15.6. The molecule has 3 heterocycles. The lowest BCUT2D eigenvalue weighted by atomic mass is 10.1. The number of likely N-dealkylation sites (tertiary alicyclic amines) is 1. The van der Waals surface area contributed by atoms with Crippen molar-refractivity contribution in [2.75, 3.05) is 13.2 Å². The van der Waals surface area contributed by atoms with Crippen molar-refractivity contribution in [3.63, 3.8) is 0 Å². The molecule has 4 aromatic rings. The van der Waals surface area contributed by atoms with E-state index in [4.69, 9.17) is 9.72 Å². The molecule has 0 unspecified atom stereocenters. The van der Waals surface area contributed by atoms with Gasteiger partial charge in [-0.25, -0.2) is 14.1 Å². The van der Waals surface area contributed by atoms with Crippen LogP contribution in [0.5, 0.6) is 5.75 Å². The van der Waals surface area contributed by atoms with Crippen LogP contribution in [0.2, 0.25) is 0 Å². The minimum absolute atomic E-state index is 0.0818. The number of aromatic nitrogens is 3. The fourth-order valence-electron chi connectivity index (χ4n) is 4.25. The Morgan fingerprint density at radius 1 is 1.09 bits per heavy atom. The normalized spacial score (nSPS) is 15.9. The number of carbonyl (C=O) groups excluding carboxylic acids is 1. The molecular weight excluding hydrogens is 407 g/mol. The summed E-state index contributed by atoms with van der Waals surface area (Å²) < 4.78 is 21.1. The molecule has 0 saturated carbocycles. The van der Waals surface area contributed by atoms with Crippen LogP contribution in [0.1, 0.15) is 30.3 Å². The van der Waals surface area contributed by atoms with Gasteiger partial charge in [0.05, 0.1) is 23.1 Å². The number of aryl methyl sites for hydroxylation is 1. The third-order valence-corrected chi connectivity index (χ3v) is 5.84. The first-order valence-corrected chi connectivity index (χ1v) is 10.7. The molecule has 0 spiro atoms. The predicted octanol–water partition coefficient (Wildman–Crippen LogP) is 4.61. The number of benzene rings is 2. The predicted molar refractivity (Wildman–Crippen MR) is 119 cm³/mol. The molecule has 7 heteroatoms. The zero-order valence-corrected chi connectivity index (χ0v) is 17.7. The van der Waals surface area contributed by atoms with Crippen molar-refractivity contribution < 1.29 is 13.9 Å². The van der Waals surface area contributed by atoms with Crippen LogP contribution in [0.25, 0.3) is 16.7 Å². The molecule has 1 aliphatic rings. The van der Waals surface area contributed by atoms with Crippen molar-refractivity contribution in [1.82, 2.24) is 19.7 Å². The van der Waals surface area contributed by atoms with E-state index in [-0.39, 0.29) is 24.3 Å². The van der Waals surface area contributed by atoms with Crippen LogP contribution in [0.15, 0.2) is 66.7 Å². The van der Waals surface area contributed by atoms with Gasteiger partial charge in [-0.1, -0.05) is 30.3 Å². The molecule has 1 saturated heterocycles. The second-order valence-electron chi connectivity index (χ2n) is 7.90. The van der Waals surface area contributed by atoms with Gasteiger partial charge >= 0.3 is 0 Å². The molecule has 5 rings (SSSR count). The Balaban J connectivity index is 1.41. The first kappa shape index (κ1) is 20.2. The molecule has 32 heavy (non-hydrogen) atoms. The van der Waals surface area contributed by atoms with Gasteiger partial charge in [-0.15, -0.1) is 0 Å². The lowest BCUT2D eigenvalue weighted by molar-refractivity contribution is -0.134. The number of rotatable bonds is 5. The van der Waals surface area contributed by atoms with Crippen LogP contribution < -0.4 is 4.74 Å². The molecule has 162 valence electrons. The molecule has 1 amide bonds. The number of halogens is 1. The van der Waals surface area contributed by atoms with Crippen molar-refractivity contribution in [3.8, 4) is 11.4 Å². The zero-order chi connectivity index (χ0) is 22.1. The Morgan fingerprint density at radius 2 is 1.88 bits per heavy atom. The number of hydrogen-bond donors (Lipinski definition) is 0. The van der Waals surface area contributed by atoms with Crippen molar-refractivity contribution in [2.45, 2.75) is 25.8 Å². The fraction of sp³-hybridized carbons (Fsp3) is 0.240. The summed E-state index contributed by atoms with van der Waals surface area (Å²) in [6.07, 6.45) is 1.70. The molecule has 1 fully saturated rings. The number of hydrogen-bond acceptors (Lipinski definition) is 4. The van der Waals surface area contributed by atoms with Gasteiger partial charge in [-0.3, -0.25) is 4.79 Å². The average Bonchev–Trinajstić information content (AvgIpc) is 3.44. The highest BCUT2D eigenvalue weighted by molar-refractivity contribution is 5.81. The number of para-hydroxylation sites is 2. The number of pyridine rings is 1. The van der Waals surface area contributed by atoms with Gasteiger partial charge < -0.3 is 9.64 Å². The van der Waals surface area contributed by atoms with Crippen LogP contribution in [0.3, 0.4) is 0 Å². The zero-order valence-electron chi connectivity index (χ0n) is 17.7. The molecule has 2 aromatic carbocycles. The van der Waals surface area contributed by atoms with Gasteiger partial charge in [0, 0.05) is 11.9 Å². The monoisotopic (exact) mass is 430 g/mol. The van der Waals surface area contributed by atoms with E-state index < -0.39 is 5.82 Å². The molecule has 0 bridgehead atoms. The Hall–Kier alpha value is -3.74. The van der Waals surface area contributed by atoms with Crippen molar-refractivity contribution >= 4 is 16.9 Å². The minimum Gasteiger partial charge on any atom is -0.481 e. The first-order valence-electron chi connectivity index (χ1n) is 10.7. The highest BCUT2D eigenvalue weighted by Crippen LogP contribution is 2.33. The summed E-state index contributed by atoms with van der Waals surface area (Å²) in [6, 6.07) is 19.8. The standard InChI is InChI=1S/C25H23FN4O2/c1-17-19-13-14-21(27-25(19)30(28-17)18-8-3-2-4-9-18)22-11-7-15-29(22)24(31)16-32-23-12-6-5-10-20(23)26/h2-6,8-10,12-14,22H,7,11,15-16H2,1H3/t22-/m0/s1. The highest BCUT2D eigenvalue weighted by Gasteiger charge is 2.31. The highest BCUT2D eigenvalue weighted by atomic mass is 19.1. The van der Waals surface area contributed by atoms with Crippen molar-refractivity contribution in [2.24, 2.45) is 0 Å². The van der Waals surface area contributed by atoms with Crippen LogP contribution >= 0.6 is 0 Å². The van der Waals surface area contributed by atoms with Crippen molar-refractivity contribution in [3.05, 3.63) is 83.9 Å². The van der Waals surface area contributed by atoms with Gasteiger partial charge in [0.2, 0.25) is 0 Å². The lowest BCUT2D eigenvalue weighted by Crippen LogP contribution is -2.34. The largest absolute Gasteiger partial charge is 0.481 e. The van der Waals surface area contributed by atoms with Crippen LogP contribution in [-0.4, -0.2) is 38.7 Å². The summed E-state index contributed by atoms with van der Waals surface area (Å²) in [4.78, 5) is 19.6. The molecule has 0 aliphatic carbocycles. The van der Waals surface area contributed by atoms with Gasteiger partial charge in [0.15, 0.2) is 23.8 Å². The second-order valence-corrected chi connectivity index (χ2v) is 7.90. The molecule has 1 atom stereocenters. The van der Waals surface area contributed by atoms with Gasteiger partial charge in [0.1, 0.15) is 0 Å². The summed E-state index contributed by atoms with van der Waals surface area (Å²) in [5.74, 6) is -0.571. The maximum Gasteiger partial charge on any atom is 0.261 e. The molecule has 2 aromatic heterocycles. The Morgan fingerprint density at radius 3 is 2.69 bits per heavy atom. The third-order valence-electron chi connectivity index (χ3n) is 5.84. The SMILES string of the molecule is Cc1nn(-c2ccccc2)c2nc([C@@H]3CCCN3C(=O)COc3ccccc3F)ccc12. The summed E-state index contributed by atoms with van der Waals surface area (Å²) in [5.41, 5.74) is 3.44. The van der Waals surface area contributed by atoms with E-state index in [1.54, 1.807) is 17.0 Å². The molecule has 0 N–H and O–H groups in total. The number of amides is 1. The van der Waals surface area contributed by atoms with Gasteiger partial charge in [-0.05, 0) is 56.2 Å². The Kier molecular flexibility index (Phi) is 5.31. The van der Waals surface area contributed by atoms with E-state index in [1.807, 2.05) is 54.1 Å². The minimum atomic E-state index is -0.477. The second kappa shape index (κ2) is 8.42. The summed E-state index contributed by atoms with van der Waals surface area (Å²) in [7, 11) is 0. The number of ether oxygens (including phenoxy) is 1. The van der Waals surface area contributed by atoms with Crippen LogP contribution in [-0.2, 0) is 4.79 Å². The smallest absolute Gasteiger partial charge is 0.261 e. The lowest BCUT2D eigenvalue weighted by Gasteiger charge is -2.24. The van der Waals surface area contributed by atoms with Gasteiger partial charge in [0.25, 0.3) is 5.91 Å². The van der Waals surface area contributed by atoms with Crippen LogP contribution in [0, 0.1) is 12.7 Å². The fourth-order valence-corrected chi connectivity index (χ4v) is 4.25. The molecule has 6 nitrogen and oxygen atoms in total. The van der Waals surface area contributed by atoms with E-state index in [9.17, 15) is 9.18 Å². The average molecular weight is 430 g/mol. The molecular formula is C25H23FN4O2. The van der Waals surface area contributed by atoms with E-state index in [1.165, 1.54) is 12.1 Å². The maximum atomic E-state index is 13.8. The molecule has 1 aliphatic heterocycles. The van der Waals surface area contributed by atoms with E-state index >= 15 is 0 Å². The van der Waals surface area contributed by atoms with E-state index in [0.29, 0.717) is 6.54 Å². The summed E-state index contributed by atoms with van der Waals surface area (Å²) in [5, 5.41) is 5.65. The number of fused-ring (bicyclic) bond motifs is 1. The summed E-state index contributed by atoms with van der Waals surface area (Å²) >= 11 is 0. The third kappa shape index (κ3) is 3.70. The van der Waals surface area contributed by atoms with Crippen LogP contribution in [0.4, 0.5) is 4.39 Å². The maximum absolute atomic E-state index is 13.8. The Labute approximate surface area is 185 Å². The van der Waals surface area contributed by atoms with E-state index in [2.05, 4.69) is 5.10 Å². The Bertz CT molecular complexity index is 1270. The van der Waals surface area contributed by atoms with E-state index in [0.717, 1.165) is 41.0 Å². The van der Waals surface area contributed by atoms with Crippen molar-refractivity contribution in [1.29, 1.82) is 0 Å². The molecule has 0 radical (unpaired) electrons. The van der Waals surface area contributed by atoms with Gasteiger partial charge in [-0.2, -0.15) is 5.10 Å². The number of nitrogens with zero attached hydrogens (tertiary/aromatic N) is 4. The topological polar surface area (TPSA) is 60.2 Å². The number of carbonyl (C=O) groups is 1. The summed E-state index contributed by atoms with van der Waals surface area (Å²) in [6.45, 7) is 2.39.